The van der Waals surface area contributed by atoms with Crippen molar-refractivity contribution in [3.05, 3.63) is 54.1 Å². The van der Waals surface area contributed by atoms with Crippen molar-refractivity contribution in [2.75, 3.05) is 17.2 Å². The van der Waals surface area contributed by atoms with Gasteiger partial charge in [0.2, 0.25) is 21.8 Å². The summed E-state index contributed by atoms with van der Waals surface area (Å²) >= 11 is 0. The highest BCUT2D eigenvalue weighted by atomic mass is 32.2. The Bertz CT molecular complexity index is 925. The highest BCUT2D eigenvalue weighted by Gasteiger charge is 2.12. The lowest BCUT2D eigenvalue weighted by atomic mass is 10.1. The number of hydrogen-bond donors (Lipinski definition) is 3. The lowest BCUT2D eigenvalue weighted by Gasteiger charge is -2.09. The van der Waals surface area contributed by atoms with Gasteiger partial charge in [-0.2, -0.15) is 0 Å². The number of benzene rings is 2. The molecule has 2 rings (SSSR count). The Balaban J connectivity index is 1.90. The predicted molar refractivity (Wildman–Crippen MR) is 110 cm³/mol. The summed E-state index contributed by atoms with van der Waals surface area (Å²) in [7, 11) is -3.48. The molecule has 0 heterocycles. The second-order valence-corrected chi connectivity index (χ2v) is 8.12. The topological polar surface area (TPSA) is 104 Å². The highest BCUT2D eigenvalue weighted by molar-refractivity contribution is 7.89. The number of nitrogens with one attached hydrogen (secondary N) is 3. The molecule has 0 bridgehead atoms. The number of amides is 2. The third-order valence-corrected chi connectivity index (χ3v) is 5.36. The van der Waals surface area contributed by atoms with E-state index in [1.165, 1.54) is 6.92 Å². The summed E-state index contributed by atoms with van der Waals surface area (Å²) < 4.78 is 26.6. The Morgan fingerprint density at radius 2 is 1.61 bits per heavy atom. The lowest BCUT2D eigenvalue weighted by molar-refractivity contribution is -0.116. The molecule has 0 aliphatic rings. The van der Waals surface area contributed by atoms with Gasteiger partial charge >= 0.3 is 0 Å². The Morgan fingerprint density at radius 3 is 2.21 bits per heavy atom. The zero-order chi connectivity index (χ0) is 20.6. The fourth-order valence-corrected chi connectivity index (χ4v) is 3.65. The van der Waals surface area contributed by atoms with E-state index < -0.39 is 10.0 Å². The van der Waals surface area contributed by atoms with E-state index in [9.17, 15) is 18.0 Å². The van der Waals surface area contributed by atoms with Crippen LogP contribution in [0.5, 0.6) is 0 Å². The molecule has 28 heavy (non-hydrogen) atoms. The van der Waals surface area contributed by atoms with E-state index in [-0.39, 0.29) is 23.1 Å². The van der Waals surface area contributed by atoms with Crippen molar-refractivity contribution in [1.82, 2.24) is 4.72 Å². The van der Waals surface area contributed by atoms with Crippen LogP contribution in [0.4, 0.5) is 11.4 Å². The normalized spacial score (nSPS) is 11.1. The molecule has 0 atom stereocenters. The second kappa shape index (κ2) is 10.0. The van der Waals surface area contributed by atoms with Gasteiger partial charge in [-0.25, -0.2) is 13.1 Å². The van der Waals surface area contributed by atoms with Crippen LogP contribution in [0, 0.1) is 0 Å². The molecule has 0 aliphatic heterocycles. The van der Waals surface area contributed by atoms with Crippen molar-refractivity contribution < 1.29 is 18.0 Å². The summed E-state index contributed by atoms with van der Waals surface area (Å²) in [6.07, 6.45) is 1.46. The maximum atomic E-state index is 12.2. The van der Waals surface area contributed by atoms with E-state index in [1.54, 1.807) is 48.5 Å². The van der Waals surface area contributed by atoms with Crippen molar-refractivity contribution in [2.45, 2.75) is 38.0 Å². The zero-order valence-corrected chi connectivity index (χ0v) is 16.8. The van der Waals surface area contributed by atoms with Crippen molar-refractivity contribution in [2.24, 2.45) is 0 Å². The van der Waals surface area contributed by atoms with Gasteiger partial charge in [0.1, 0.15) is 0 Å². The van der Waals surface area contributed by atoms with E-state index in [1.807, 2.05) is 6.92 Å². The van der Waals surface area contributed by atoms with Gasteiger partial charge in [-0.15, -0.1) is 0 Å². The first-order chi connectivity index (χ1) is 13.3. The Morgan fingerprint density at radius 1 is 0.964 bits per heavy atom. The summed E-state index contributed by atoms with van der Waals surface area (Å²) in [4.78, 5) is 23.5. The van der Waals surface area contributed by atoms with Gasteiger partial charge in [-0.3, -0.25) is 9.59 Å². The smallest absolute Gasteiger partial charge is 0.240 e. The molecule has 0 saturated heterocycles. The molecule has 0 aliphatic carbocycles. The van der Waals surface area contributed by atoms with Crippen molar-refractivity contribution in [3.8, 4) is 0 Å². The standard InChI is InChI=1S/C20H25N3O4S/c1-3-13-21-28(26,27)19-10-7-16(8-11-19)9-12-20(25)23-18-6-4-5-17(14-18)22-15(2)24/h4-8,10-11,14,21H,3,9,12-13H2,1-2H3,(H,22,24)(H,23,25). The van der Waals surface area contributed by atoms with Crippen molar-refractivity contribution in [3.63, 3.8) is 0 Å². The van der Waals surface area contributed by atoms with Crippen LogP contribution in [0.1, 0.15) is 32.3 Å². The fourth-order valence-electron chi connectivity index (χ4n) is 2.51. The number of sulfonamides is 1. The van der Waals surface area contributed by atoms with Crippen LogP contribution in [0.3, 0.4) is 0 Å². The predicted octanol–water partition coefficient (Wildman–Crippen LogP) is 2.90. The van der Waals surface area contributed by atoms with Crippen LogP contribution in [0.15, 0.2) is 53.4 Å². The van der Waals surface area contributed by atoms with Gasteiger partial charge in [0.15, 0.2) is 0 Å². The van der Waals surface area contributed by atoms with Crippen molar-refractivity contribution in [1.29, 1.82) is 0 Å². The van der Waals surface area contributed by atoms with E-state index in [0.717, 1.165) is 12.0 Å². The molecule has 2 aromatic rings. The fraction of sp³-hybridized carbons (Fsp3) is 0.300. The average molecular weight is 404 g/mol. The minimum atomic E-state index is -3.48. The molecule has 0 fully saturated rings. The third-order valence-electron chi connectivity index (χ3n) is 3.88. The number of carbonyl (C=O) groups is 2. The summed E-state index contributed by atoms with van der Waals surface area (Å²) in [6, 6.07) is 13.4. The molecular formula is C20H25N3O4S. The summed E-state index contributed by atoms with van der Waals surface area (Å²) in [5.74, 6) is -0.347. The number of carbonyl (C=O) groups excluding carboxylic acids is 2. The van der Waals surface area contributed by atoms with Crippen LogP contribution >= 0.6 is 0 Å². The minimum absolute atomic E-state index is 0.165. The molecule has 8 heteroatoms. The number of hydrogen-bond acceptors (Lipinski definition) is 4. The van der Waals surface area contributed by atoms with Crippen LogP contribution in [0.25, 0.3) is 0 Å². The molecule has 7 nitrogen and oxygen atoms in total. The third kappa shape index (κ3) is 6.79. The molecule has 3 N–H and O–H groups in total. The monoisotopic (exact) mass is 403 g/mol. The van der Waals surface area contributed by atoms with Gasteiger partial charge in [-0.1, -0.05) is 25.1 Å². The molecule has 0 radical (unpaired) electrons. The van der Waals surface area contributed by atoms with E-state index in [4.69, 9.17) is 0 Å². The van der Waals surface area contributed by atoms with Crippen LogP contribution in [-0.4, -0.2) is 26.8 Å². The largest absolute Gasteiger partial charge is 0.326 e. The van der Waals surface area contributed by atoms with Crippen molar-refractivity contribution >= 4 is 33.2 Å². The molecule has 2 aromatic carbocycles. The lowest BCUT2D eigenvalue weighted by Crippen LogP contribution is -2.24. The number of rotatable bonds is 9. The molecule has 2 amide bonds. The number of aryl methyl sites for hydroxylation is 1. The molecule has 150 valence electrons. The Labute approximate surface area is 165 Å². The van der Waals surface area contributed by atoms with Gasteiger partial charge in [-0.05, 0) is 48.7 Å². The van der Waals surface area contributed by atoms with Crippen LogP contribution in [-0.2, 0) is 26.0 Å². The summed E-state index contributed by atoms with van der Waals surface area (Å²) in [6.45, 7) is 3.71. The maximum absolute atomic E-state index is 12.2. The molecule has 0 saturated carbocycles. The quantitative estimate of drug-likeness (QED) is 0.599. The van der Waals surface area contributed by atoms with E-state index in [2.05, 4.69) is 15.4 Å². The Hall–Kier alpha value is -2.71. The van der Waals surface area contributed by atoms with Gasteiger partial charge in [0, 0.05) is 31.3 Å². The van der Waals surface area contributed by atoms with E-state index >= 15 is 0 Å². The SMILES string of the molecule is CCCNS(=O)(=O)c1ccc(CCC(=O)Nc2cccc(NC(C)=O)c2)cc1. The number of anilines is 2. The van der Waals surface area contributed by atoms with E-state index in [0.29, 0.717) is 24.3 Å². The van der Waals surface area contributed by atoms with Gasteiger partial charge in [0.25, 0.3) is 0 Å². The Kier molecular flexibility index (Phi) is 7.71. The van der Waals surface area contributed by atoms with Gasteiger partial charge in [0.05, 0.1) is 4.90 Å². The first-order valence-corrected chi connectivity index (χ1v) is 10.5. The van der Waals surface area contributed by atoms with Crippen LogP contribution in [0.2, 0.25) is 0 Å². The first kappa shape index (κ1) is 21.6. The zero-order valence-electron chi connectivity index (χ0n) is 16.0. The van der Waals surface area contributed by atoms with Crippen LogP contribution < -0.4 is 15.4 Å². The average Bonchev–Trinajstić information content (AvgIpc) is 2.65. The molecular weight excluding hydrogens is 378 g/mol. The highest BCUT2D eigenvalue weighted by Crippen LogP contribution is 2.16. The molecule has 0 unspecified atom stereocenters. The first-order valence-electron chi connectivity index (χ1n) is 9.06. The second-order valence-electron chi connectivity index (χ2n) is 6.35. The molecule has 0 spiro atoms. The summed E-state index contributed by atoms with van der Waals surface area (Å²) in [5.41, 5.74) is 2.08. The minimum Gasteiger partial charge on any atom is -0.326 e. The molecule has 0 aromatic heterocycles. The van der Waals surface area contributed by atoms with Gasteiger partial charge < -0.3 is 10.6 Å². The summed E-state index contributed by atoms with van der Waals surface area (Å²) in [5, 5.41) is 5.45. The maximum Gasteiger partial charge on any atom is 0.240 e.